The number of carbonyl (C=O) groups excluding carboxylic acids is 1. The van der Waals surface area contributed by atoms with Gasteiger partial charge < -0.3 is 25.4 Å². The molecule has 3 aromatic carbocycles. The zero-order valence-corrected chi connectivity index (χ0v) is 18.2. The molecule has 0 unspecified atom stereocenters. The number of non-ortho nitro benzene ring substituents is 1. The van der Waals surface area contributed by atoms with Gasteiger partial charge in [0.15, 0.2) is 0 Å². The molecule has 0 saturated carbocycles. The van der Waals surface area contributed by atoms with Crippen molar-refractivity contribution in [2.45, 2.75) is 0 Å². The van der Waals surface area contributed by atoms with Crippen molar-refractivity contribution in [3.63, 3.8) is 0 Å². The van der Waals surface area contributed by atoms with Crippen LogP contribution in [0, 0.1) is 10.1 Å². The van der Waals surface area contributed by atoms with Gasteiger partial charge in [0.05, 0.1) is 30.3 Å². The molecule has 0 aliphatic heterocycles. The van der Waals surface area contributed by atoms with E-state index in [0.29, 0.717) is 45.3 Å². The van der Waals surface area contributed by atoms with Gasteiger partial charge in [-0.15, -0.1) is 0 Å². The monoisotopic (exact) mass is 460 g/mol. The third-order valence-electron chi connectivity index (χ3n) is 4.86. The second-order valence-electron chi connectivity index (χ2n) is 7.03. The lowest BCUT2D eigenvalue weighted by atomic mass is 10.2. The number of nitrogens with zero attached hydrogens (tertiary/aromatic N) is 3. The number of hydrogen-bond acceptors (Lipinski definition) is 8. The fraction of sp³-hybridized carbons (Fsp3) is 0.0870. The first kappa shape index (κ1) is 22.3. The summed E-state index contributed by atoms with van der Waals surface area (Å²) in [7, 11) is 3.14. The smallest absolute Gasteiger partial charge is 0.323 e. The van der Waals surface area contributed by atoms with Crippen molar-refractivity contribution in [1.82, 2.24) is 9.97 Å². The van der Waals surface area contributed by atoms with Gasteiger partial charge >= 0.3 is 6.03 Å². The van der Waals surface area contributed by atoms with Crippen LogP contribution in [0.1, 0.15) is 0 Å². The molecular weight excluding hydrogens is 440 g/mol. The van der Waals surface area contributed by atoms with Crippen LogP contribution in [0.15, 0.2) is 67.0 Å². The van der Waals surface area contributed by atoms with Gasteiger partial charge in [0.2, 0.25) is 0 Å². The molecule has 172 valence electrons. The molecule has 0 fully saturated rings. The van der Waals surface area contributed by atoms with Crippen LogP contribution in [0.2, 0.25) is 0 Å². The molecule has 0 spiro atoms. The van der Waals surface area contributed by atoms with Crippen LogP contribution in [-0.2, 0) is 0 Å². The maximum absolute atomic E-state index is 12.5. The molecule has 34 heavy (non-hydrogen) atoms. The van der Waals surface area contributed by atoms with Gasteiger partial charge in [-0.1, -0.05) is 6.07 Å². The number of fused-ring (bicyclic) bond motifs is 1. The Morgan fingerprint density at radius 1 is 0.912 bits per heavy atom. The zero-order chi connectivity index (χ0) is 24.1. The van der Waals surface area contributed by atoms with Gasteiger partial charge in [-0.05, 0) is 24.3 Å². The molecule has 0 aliphatic rings. The Bertz CT molecular complexity index is 1340. The van der Waals surface area contributed by atoms with Crippen LogP contribution in [0.25, 0.3) is 10.9 Å². The minimum absolute atomic E-state index is 0.0644. The Labute approximate surface area is 193 Å². The summed E-state index contributed by atoms with van der Waals surface area (Å²) >= 11 is 0. The fourth-order valence-electron chi connectivity index (χ4n) is 3.26. The third-order valence-corrected chi connectivity index (χ3v) is 4.86. The Morgan fingerprint density at radius 2 is 1.62 bits per heavy atom. The van der Waals surface area contributed by atoms with E-state index in [1.54, 1.807) is 44.6 Å². The molecule has 1 aromatic heterocycles. The fourth-order valence-corrected chi connectivity index (χ4v) is 3.26. The molecule has 3 N–H and O–H groups in total. The number of amides is 2. The van der Waals surface area contributed by atoms with Gasteiger partial charge in [0.1, 0.15) is 23.6 Å². The van der Waals surface area contributed by atoms with Crippen molar-refractivity contribution in [3.8, 4) is 11.5 Å². The van der Waals surface area contributed by atoms with Crippen LogP contribution in [-0.4, -0.2) is 35.1 Å². The number of nitro groups is 1. The molecule has 2 amide bonds. The Hall–Kier alpha value is -4.93. The number of nitrogens with one attached hydrogen (secondary N) is 3. The average molecular weight is 460 g/mol. The quantitative estimate of drug-likeness (QED) is 0.260. The highest BCUT2D eigenvalue weighted by molar-refractivity contribution is 6.07. The van der Waals surface area contributed by atoms with Crippen molar-refractivity contribution in [3.05, 3.63) is 77.1 Å². The molecule has 0 saturated heterocycles. The van der Waals surface area contributed by atoms with Crippen LogP contribution in [0.3, 0.4) is 0 Å². The van der Waals surface area contributed by atoms with Crippen LogP contribution in [0.4, 0.5) is 33.4 Å². The van der Waals surface area contributed by atoms with Crippen molar-refractivity contribution < 1.29 is 19.2 Å². The van der Waals surface area contributed by atoms with Crippen molar-refractivity contribution >= 4 is 45.5 Å². The van der Waals surface area contributed by atoms with E-state index >= 15 is 0 Å². The lowest BCUT2D eigenvalue weighted by Gasteiger charge is -2.13. The van der Waals surface area contributed by atoms with E-state index in [1.807, 2.05) is 6.07 Å². The molecule has 0 bridgehead atoms. The number of methoxy groups -OCH3 is 2. The molecule has 0 radical (unpaired) electrons. The van der Waals surface area contributed by atoms with Gasteiger partial charge in [-0.2, -0.15) is 0 Å². The first-order chi connectivity index (χ1) is 16.5. The second kappa shape index (κ2) is 9.69. The average Bonchev–Trinajstić information content (AvgIpc) is 2.84. The summed E-state index contributed by atoms with van der Waals surface area (Å²) < 4.78 is 10.6. The first-order valence-corrected chi connectivity index (χ1v) is 10.0. The maximum atomic E-state index is 12.5. The van der Waals surface area contributed by atoms with Gasteiger partial charge in [0.25, 0.3) is 5.69 Å². The molecule has 4 aromatic rings. The largest absolute Gasteiger partial charge is 0.497 e. The summed E-state index contributed by atoms with van der Waals surface area (Å²) in [5.41, 5.74) is 2.03. The van der Waals surface area contributed by atoms with Crippen LogP contribution < -0.4 is 25.4 Å². The normalized spacial score (nSPS) is 10.4. The van der Waals surface area contributed by atoms with E-state index in [2.05, 4.69) is 25.9 Å². The molecule has 11 heteroatoms. The van der Waals surface area contributed by atoms with E-state index in [1.165, 1.54) is 30.6 Å². The molecule has 1 heterocycles. The standard InChI is InChI=1S/C23H20N6O5/c1-33-17-10-15(11-18(12-17)34-2)26-22-19-4-3-5-20(21(19)24-13-25-22)28-23(30)27-14-6-8-16(9-7-14)29(31)32/h3-13H,1-2H3,(H,24,25,26)(H2,27,28,30). The molecule has 0 atom stereocenters. The first-order valence-electron chi connectivity index (χ1n) is 10.0. The number of aromatic nitrogens is 2. The van der Waals surface area contributed by atoms with Crippen molar-refractivity contribution in [2.24, 2.45) is 0 Å². The zero-order valence-electron chi connectivity index (χ0n) is 18.2. The van der Waals surface area contributed by atoms with Gasteiger partial charge in [0, 0.05) is 47.1 Å². The van der Waals surface area contributed by atoms with Crippen LogP contribution >= 0.6 is 0 Å². The Morgan fingerprint density at radius 3 is 2.26 bits per heavy atom. The number of hydrogen-bond donors (Lipinski definition) is 3. The van der Waals surface area contributed by atoms with E-state index in [-0.39, 0.29) is 5.69 Å². The summed E-state index contributed by atoms with van der Waals surface area (Å²) in [5, 5.41) is 20.1. The second-order valence-corrected chi connectivity index (χ2v) is 7.03. The number of benzene rings is 3. The number of nitro benzene ring substituents is 1. The highest BCUT2D eigenvalue weighted by atomic mass is 16.6. The third kappa shape index (κ3) is 4.93. The minimum Gasteiger partial charge on any atom is -0.497 e. The predicted octanol–water partition coefficient (Wildman–Crippen LogP) is 4.94. The topological polar surface area (TPSA) is 141 Å². The van der Waals surface area contributed by atoms with E-state index in [0.717, 1.165) is 0 Å². The SMILES string of the molecule is COc1cc(Nc2ncnc3c(NC(=O)Nc4ccc([N+](=O)[O-])cc4)cccc23)cc(OC)c1. The summed E-state index contributed by atoms with van der Waals surface area (Å²) in [5.74, 6) is 1.76. The molecule has 4 rings (SSSR count). The van der Waals surface area contributed by atoms with E-state index in [9.17, 15) is 14.9 Å². The molecule has 0 aliphatic carbocycles. The van der Waals surface area contributed by atoms with Crippen molar-refractivity contribution in [2.75, 3.05) is 30.2 Å². The number of rotatable bonds is 7. The molecule has 11 nitrogen and oxygen atoms in total. The van der Waals surface area contributed by atoms with Crippen LogP contribution in [0.5, 0.6) is 11.5 Å². The van der Waals surface area contributed by atoms with Gasteiger partial charge in [-0.25, -0.2) is 14.8 Å². The summed E-state index contributed by atoms with van der Waals surface area (Å²) in [6.07, 6.45) is 1.39. The summed E-state index contributed by atoms with van der Waals surface area (Å²) in [6, 6.07) is 15.7. The summed E-state index contributed by atoms with van der Waals surface area (Å²) in [4.78, 5) is 31.5. The highest BCUT2D eigenvalue weighted by Gasteiger charge is 2.12. The van der Waals surface area contributed by atoms with Crippen molar-refractivity contribution in [1.29, 1.82) is 0 Å². The Balaban J connectivity index is 1.57. The lowest BCUT2D eigenvalue weighted by Crippen LogP contribution is -2.19. The predicted molar refractivity (Wildman–Crippen MR) is 128 cm³/mol. The Kier molecular flexibility index (Phi) is 6.35. The van der Waals surface area contributed by atoms with Gasteiger partial charge in [-0.3, -0.25) is 10.1 Å². The maximum Gasteiger partial charge on any atom is 0.323 e. The highest BCUT2D eigenvalue weighted by Crippen LogP contribution is 2.31. The lowest BCUT2D eigenvalue weighted by molar-refractivity contribution is -0.384. The minimum atomic E-state index is -0.521. The number of urea groups is 1. The van der Waals surface area contributed by atoms with E-state index < -0.39 is 11.0 Å². The molecular formula is C23H20N6O5. The number of para-hydroxylation sites is 1. The number of carbonyl (C=O) groups is 1. The van der Waals surface area contributed by atoms with E-state index in [4.69, 9.17) is 9.47 Å². The number of anilines is 4. The number of ether oxygens (including phenoxy) is 2. The summed E-state index contributed by atoms with van der Waals surface area (Å²) in [6.45, 7) is 0.